The summed E-state index contributed by atoms with van der Waals surface area (Å²) in [6.45, 7) is 3.30. The highest BCUT2D eigenvalue weighted by Crippen LogP contribution is 2.16. The van der Waals surface area contributed by atoms with Crippen molar-refractivity contribution in [2.75, 3.05) is 0 Å². The molecule has 0 atom stereocenters. The number of ketones is 1. The van der Waals surface area contributed by atoms with Crippen LogP contribution in [0.2, 0.25) is 5.15 Å². The van der Waals surface area contributed by atoms with Gasteiger partial charge in [0.2, 0.25) is 0 Å². The first-order chi connectivity index (χ1) is 6.59. The number of Topliss-reactive ketones (excluding diaryl/α,β-unsaturated/α-hetero) is 1. The van der Waals surface area contributed by atoms with E-state index in [4.69, 9.17) is 11.6 Å². The first-order valence-corrected chi connectivity index (χ1v) is 4.49. The van der Waals surface area contributed by atoms with Gasteiger partial charge in [0.1, 0.15) is 11.0 Å². The minimum atomic E-state index is -0.0324. The number of aromatic nitrogens is 3. The second kappa shape index (κ2) is 3.06. The Labute approximate surface area is 85.5 Å². The number of aryl methyl sites for hydroxylation is 1. The van der Waals surface area contributed by atoms with Gasteiger partial charge in [-0.3, -0.25) is 9.20 Å². The number of halogens is 1. The van der Waals surface area contributed by atoms with Gasteiger partial charge in [-0.1, -0.05) is 11.6 Å². The molecule has 0 aliphatic rings. The van der Waals surface area contributed by atoms with Crippen molar-refractivity contribution in [3.63, 3.8) is 0 Å². The van der Waals surface area contributed by atoms with E-state index in [1.807, 2.05) is 0 Å². The van der Waals surface area contributed by atoms with Gasteiger partial charge in [0.15, 0.2) is 11.4 Å². The summed E-state index contributed by atoms with van der Waals surface area (Å²) >= 11 is 5.98. The summed E-state index contributed by atoms with van der Waals surface area (Å²) in [5, 5.41) is 8.23. The Balaban J connectivity index is 2.80. The summed E-state index contributed by atoms with van der Waals surface area (Å²) < 4.78 is 1.69. The third-order valence-corrected chi connectivity index (χ3v) is 2.31. The van der Waals surface area contributed by atoms with Crippen LogP contribution in [-0.4, -0.2) is 20.4 Å². The number of hydrogen-bond donors (Lipinski definition) is 0. The molecule has 0 N–H and O–H groups in total. The zero-order valence-corrected chi connectivity index (χ0v) is 8.54. The molecule has 0 fully saturated rings. The van der Waals surface area contributed by atoms with Crippen molar-refractivity contribution < 1.29 is 4.79 Å². The topological polar surface area (TPSA) is 47.3 Å². The number of pyridine rings is 1. The van der Waals surface area contributed by atoms with Crippen molar-refractivity contribution in [1.29, 1.82) is 0 Å². The predicted molar refractivity (Wildman–Crippen MR) is 52.7 cm³/mol. The molecule has 4 nitrogen and oxygen atoms in total. The second-order valence-corrected chi connectivity index (χ2v) is 3.45. The van der Waals surface area contributed by atoms with Crippen molar-refractivity contribution in [2.45, 2.75) is 13.8 Å². The molecule has 2 aromatic heterocycles. The molecule has 0 radical (unpaired) electrons. The molecule has 2 rings (SSSR count). The van der Waals surface area contributed by atoms with Crippen LogP contribution < -0.4 is 0 Å². The largest absolute Gasteiger partial charge is 0.295 e. The van der Waals surface area contributed by atoms with E-state index in [9.17, 15) is 4.79 Å². The maximum atomic E-state index is 11.1. The predicted octanol–water partition coefficient (Wildman–Crippen LogP) is 1.89. The minimum absolute atomic E-state index is 0.0324. The summed E-state index contributed by atoms with van der Waals surface area (Å²) in [5.74, 6) is 0.676. The monoisotopic (exact) mass is 209 g/mol. The lowest BCUT2D eigenvalue weighted by molar-refractivity contribution is 0.101. The molecule has 0 aliphatic heterocycles. The van der Waals surface area contributed by atoms with Crippen LogP contribution in [0.1, 0.15) is 23.1 Å². The molecule has 0 saturated heterocycles. The van der Waals surface area contributed by atoms with Gasteiger partial charge in [-0.15, -0.1) is 10.2 Å². The van der Waals surface area contributed by atoms with Crippen LogP contribution in [0.4, 0.5) is 0 Å². The Hall–Kier alpha value is -1.42. The average Bonchev–Trinajstić information content (AvgIpc) is 2.48. The summed E-state index contributed by atoms with van der Waals surface area (Å²) in [6.07, 6.45) is 0. The van der Waals surface area contributed by atoms with E-state index in [0.29, 0.717) is 22.2 Å². The van der Waals surface area contributed by atoms with E-state index in [1.165, 1.54) is 6.92 Å². The summed E-state index contributed by atoms with van der Waals surface area (Å²) in [7, 11) is 0. The lowest BCUT2D eigenvalue weighted by Crippen LogP contribution is -1.97. The molecule has 2 aromatic rings. The van der Waals surface area contributed by atoms with Crippen LogP contribution >= 0.6 is 11.6 Å². The van der Waals surface area contributed by atoms with Crippen molar-refractivity contribution in [3.8, 4) is 0 Å². The Kier molecular flexibility index (Phi) is 2.00. The Morgan fingerprint density at radius 3 is 2.79 bits per heavy atom. The van der Waals surface area contributed by atoms with Gasteiger partial charge in [0, 0.05) is 5.56 Å². The number of nitrogens with zero attached hydrogens (tertiary/aromatic N) is 3. The highest BCUT2D eigenvalue weighted by Gasteiger charge is 2.08. The number of carbonyl (C=O) groups is 1. The molecule has 2 heterocycles. The van der Waals surface area contributed by atoms with Gasteiger partial charge in [-0.25, -0.2) is 0 Å². The van der Waals surface area contributed by atoms with Crippen molar-refractivity contribution in [3.05, 3.63) is 28.7 Å². The lowest BCUT2D eigenvalue weighted by atomic mass is 10.2. The fourth-order valence-corrected chi connectivity index (χ4v) is 1.64. The van der Waals surface area contributed by atoms with Crippen LogP contribution in [-0.2, 0) is 0 Å². The van der Waals surface area contributed by atoms with Crippen LogP contribution in [0.25, 0.3) is 5.65 Å². The molecular formula is C9H8ClN3O. The molecule has 0 aliphatic carbocycles. The molecular weight excluding hydrogens is 202 g/mol. The third-order valence-electron chi connectivity index (χ3n) is 2.03. The van der Waals surface area contributed by atoms with Crippen molar-refractivity contribution >= 4 is 23.0 Å². The molecule has 72 valence electrons. The molecule has 14 heavy (non-hydrogen) atoms. The van der Waals surface area contributed by atoms with Crippen LogP contribution in [0, 0.1) is 6.92 Å². The first kappa shape index (κ1) is 9.15. The Bertz CT molecular complexity index is 518. The fraction of sp³-hybridized carbons (Fsp3) is 0.222. The van der Waals surface area contributed by atoms with Gasteiger partial charge in [-0.05, 0) is 26.0 Å². The molecule has 0 bridgehead atoms. The summed E-state index contributed by atoms with van der Waals surface area (Å²) in [4.78, 5) is 11.1. The highest BCUT2D eigenvalue weighted by atomic mass is 35.5. The van der Waals surface area contributed by atoms with Gasteiger partial charge in [0.25, 0.3) is 0 Å². The molecule has 0 unspecified atom stereocenters. The highest BCUT2D eigenvalue weighted by molar-refractivity contribution is 6.30. The van der Waals surface area contributed by atoms with E-state index < -0.39 is 0 Å². The van der Waals surface area contributed by atoms with Crippen LogP contribution in [0.3, 0.4) is 0 Å². The molecule has 0 saturated carbocycles. The van der Waals surface area contributed by atoms with Crippen LogP contribution in [0.15, 0.2) is 12.1 Å². The number of rotatable bonds is 1. The smallest absolute Gasteiger partial charge is 0.162 e. The van der Waals surface area contributed by atoms with E-state index in [1.54, 1.807) is 23.5 Å². The standard InChI is InChI=1S/C9H8ClN3O/c1-5(14)7-3-8(10)13-6(2)11-12-9(13)4-7/h3-4H,1-2H3. The summed E-state index contributed by atoms with van der Waals surface area (Å²) in [5.41, 5.74) is 1.15. The van der Waals surface area contributed by atoms with Crippen LogP contribution in [0.5, 0.6) is 0 Å². The van der Waals surface area contributed by atoms with Crippen molar-refractivity contribution in [2.24, 2.45) is 0 Å². The molecule has 0 amide bonds. The zero-order chi connectivity index (χ0) is 10.3. The minimum Gasteiger partial charge on any atom is -0.295 e. The summed E-state index contributed by atoms with van der Waals surface area (Å²) in [6, 6.07) is 3.29. The molecule has 0 spiro atoms. The van der Waals surface area contributed by atoms with Gasteiger partial charge >= 0.3 is 0 Å². The second-order valence-electron chi connectivity index (χ2n) is 3.06. The van der Waals surface area contributed by atoms with E-state index in [-0.39, 0.29) is 5.78 Å². The molecule has 5 heteroatoms. The average molecular weight is 210 g/mol. The fourth-order valence-electron chi connectivity index (χ4n) is 1.31. The van der Waals surface area contributed by atoms with E-state index in [0.717, 1.165) is 0 Å². The number of hydrogen-bond acceptors (Lipinski definition) is 3. The van der Waals surface area contributed by atoms with Crippen molar-refractivity contribution in [1.82, 2.24) is 14.6 Å². The normalized spacial score (nSPS) is 10.8. The number of carbonyl (C=O) groups excluding carboxylic acids is 1. The van der Waals surface area contributed by atoms with Gasteiger partial charge < -0.3 is 0 Å². The third kappa shape index (κ3) is 1.28. The van der Waals surface area contributed by atoms with E-state index >= 15 is 0 Å². The maximum absolute atomic E-state index is 11.1. The lowest BCUT2D eigenvalue weighted by Gasteiger charge is -2.00. The first-order valence-electron chi connectivity index (χ1n) is 4.12. The Morgan fingerprint density at radius 2 is 2.14 bits per heavy atom. The molecule has 0 aromatic carbocycles. The van der Waals surface area contributed by atoms with Gasteiger partial charge in [0.05, 0.1) is 0 Å². The van der Waals surface area contributed by atoms with Gasteiger partial charge in [-0.2, -0.15) is 0 Å². The SMILES string of the molecule is CC(=O)c1cc(Cl)n2c(C)nnc2c1. The maximum Gasteiger partial charge on any atom is 0.162 e. The number of fused-ring (bicyclic) bond motifs is 1. The quantitative estimate of drug-likeness (QED) is 0.532. The zero-order valence-electron chi connectivity index (χ0n) is 7.78. The Morgan fingerprint density at radius 1 is 1.43 bits per heavy atom. The van der Waals surface area contributed by atoms with E-state index in [2.05, 4.69) is 10.2 Å².